The van der Waals surface area contributed by atoms with Crippen LogP contribution in [0.5, 0.6) is 0 Å². The third kappa shape index (κ3) is 2.29. The second kappa shape index (κ2) is 4.50. The highest BCUT2D eigenvalue weighted by atomic mass is 32.2. The number of aromatic nitrogens is 1. The Kier molecular flexibility index (Phi) is 3.01. The molecule has 1 heterocycles. The van der Waals surface area contributed by atoms with Crippen LogP contribution in [0, 0.1) is 5.92 Å². The van der Waals surface area contributed by atoms with E-state index in [1.54, 1.807) is 23.1 Å². The molecule has 0 atom stereocenters. The third-order valence-corrected chi connectivity index (χ3v) is 5.29. The number of rotatable bonds is 3. The van der Waals surface area contributed by atoms with Gasteiger partial charge in [-0.2, -0.15) is 0 Å². The van der Waals surface area contributed by atoms with Crippen molar-refractivity contribution in [2.75, 3.05) is 11.6 Å². The molecule has 1 aliphatic carbocycles. The van der Waals surface area contributed by atoms with Crippen molar-refractivity contribution in [3.8, 4) is 0 Å². The molecule has 2 aromatic rings. The van der Waals surface area contributed by atoms with Crippen LogP contribution in [0.3, 0.4) is 0 Å². The minimum atomic E-state index is 0.676. The Labute approximate surface area is 110 Å². The summed E-state index contributed by atoms with van der Waals surface area (Å²) in [6.45, 7) is 2.31. The van der Waals surface area contributed by atoms with Gasteiger partial charge in [-0.3, -0.25) is 0 Å². The largest absolute Gasteiger partial charge is 0.382 e. The van der Waals surface area contributed by atoms with Crippen molar-refractivity contribution in [2.24, 2.45) is 5.92 Å². The number of hydrogen-bond donors (Lipinski definition) is 1. The maximum absolute atomic E-state index is 4.55. The summed E-state index contributed by atoms with van der Waals surface area (Å²) in [5.74, 6) is 0.891. The molecule has 1 aromatic heterocycles. The van der Waals surface area contributed by atoms with Gasteiger partial charge in [-0.25, -0.2) is 4.98 Å². The van der Waals surface area contributed by atoms with Gasteiger partial charge in [0.2, 0.25) is 0 Å². The highest BCUT2D eigenvalue weighted by Gasteiger charge is 2.24. The number of anilines is 1. The lowest BCUT2D eigenvalue weighted by Gasteiger charge is -2.34. The number of nitrogens with one attached hydrogen (secondary N) is 1. The standard InChI is InChI=1S/C13H16N2S2/c1-8-5-10(6-8)14-9-3-4-11-12(7-9)17-13(15-11)16-2/h3-4,7-8,10,14H,5-6H2,1-2H3. The zero-order chi connectivity index (χ0) is 11.8. The highest BCUT2D eigenvalue weighted by Crippen LogP contribution is 2.33. The first kappa shape index (κ1) is 11.4. The lowest BCUT2D eigenvalue weighted by molar-refractivity contribution is 0.309. The van der Waals surface area contributed by atoms with E-state index in [2.05, 4.69) is 41.7 Å². The number of fused-ring (bicyclic) bond motifs is 1. The van der Waals surface area contributed by atoms with Crippen molar-refractivity contribution in [1.82, 2.24) is 4.98 Å². The van der Waals surface area contributed by atoms with Gasteiger partial charge in [0.15, 0.2) is 4.34 Å². The van der Waals surface area contributed by atoms with E-state index in [-0.39, 0.29) is 0 Å². The van der Waals surface area contributed by atoms with Crippen molar-refractivity contribution >= 4 is 39.0 Å². The molecule has 1 aromatic carbocycles. The molecule has 0 saturated heterocycles. The van der Waals surface area contributed by atoms with E-state index in [1.807, 2.05) is 0 Å². The fourth-order valence-corrected chi connectivity index (χ4v) is 3.87. The summed E-state index contributed by atoms with van der Waals surface area (Å²) in [6.07, 6.45) is 4.68. The summed E-state index contributed by atoms with van der Waals surface area (Å²) >= 11 is 3.49. The molecule has 0 amide bonds. The molecule has 0 spiro atoms. The van der Waals surface area contributed by atoms with Crippen LogP contribution < -0.4 is 5.32 Å². The average Bonchev–Trinajstić information content (AvgIpc) is 2.69. The quantitative estimate of drug-likeness (QED) is 0.840. The zero-order valence-corrected chi connectivity index (χ0v) is 11.7. The smallest absolute Gasteiger partial charge is 0.150 e. The Morgan fingerprint density at radius 2 is 2.24 bits per heavy atom. The van der Waals surface area contributed by atoms with E-state index in [0.29, 0.717) is 6.04 Å². The Morgan fingerprint density at radius 1 is 1.41 bits per heavy atom. The van der Waals surface area contributed by atoms with Crippen LogP contribution in [0.1, 0.15) is 19.8 Å². The second-order valence-electron chi connectivity index (χ2n) is 4.78. The van der Waals surface area contributed by atoms with Crippen molar-refractivity contribution in [1.29, 1.82) is 0 Å². The molecule has 0 unspecified atom stereocenters. The molecule has 0 radical (unpaired) electrons. The lowest BCUT2D eigenvalue weighted by atomic mass is 9.82. The van der Waals surface area contributed by atoms with E-state index in [1.165, 1.54) is 23.2 Å². The maximum Gasteiger partial charge on any atom is 0.150 e. The monoisotopic (exact) mass is 264 g/mol. The van der Waals surface area contributed by atoms with Crippen LogP contribution in [0.25, 0.3) is 10.2 Å². The van der Waals surface area contributed by atoms with E-state index in [0.717, 1.165) is 15.8 Å². The number of benzene rings is 1. The molecule has 4 heteroatoms. The fraction of sp³-hybridized carbons (Fsp3) is 0.462. The van der Waals surface area contributed by atoms with E-state index < -0.39 is 0 Å². The summed E-state index contributed by atoms with van der Waals surface area (Å²) < 4.78 is 2.43. The first-order valence-corrected chi connectivity index (χ1v) is 8.00. The van der Waals surface area contributed by atoms with E-state index in [9.17, 15) is 0 Å². The molecular formula is C13H16N2S2. The van der Waals surface area contributed by atoms with Crippen LogP contribution in [-0.2, 0) is 0 Å². The SMILES string of the molecule is CSc1nc2ccc(NC3CC(C)C3)cc2s1. The molecule has 1 N–H and O–H groups in total. The van der Waals surface area contributed by atoms with Crippen LogP contribution in [0.2, 0.25) is 0 Å². The molecule has 2 nitrogen and oxygen atoms in total. The Morgan fingerprint density at radius 3 is 2.94 bits per heavy atom. The Balaban J connectivity index is 1.80. The zero-order valence-electron chi connectivity index (χ0n) is 10.1. The summed E-state index contributed by atoms with van der Waals surface area (Å²) in [7, 11) is 0. The summed E-state index contributed by atoms with van der Waals surface area (Å²) in [4.78, 5) is 4.55. The first-order chi connectivity index (χ1) is 8.24. The predicted octanol–water partition coefficient (Wildman–Crippen LogP) is 4.23. The maximum atomic E-state index is 4.55. The van der Waals surface area contributed by atoms with Crippen molar-refractivity contribution in [3.05, 3.63) is 18.2 Å². The molecule has 0 aliphatic heterocycles. The van der Waals surface area contributed by atoms with Gasteiger partial charge in [0.25, 0.3) is 0 Å². The van der Waals surface area contributed by atoms with Gasteiger partial charge in [-0.15, -0.1) is 11.3 Å². The first-order valence-electron chi connectivity index (χ1n) is 5.95. The van der Waals surface area contributed by atoms with Crippen molar-refractivity contribution < 1.29 is 0 Å². The summed E-state index contributed by atoms with van der Waals surface area (Å²) in [5.41, 5.74) is 2.36. The topological polar surface area (TPSA) is 24.9 Å². The van der Waals surface area contributed by atoms with Crippen LogP contribution in [-0.4, -0.2) is 17.3 Å². The van der Waals surface area contributed by atoms with E-state index >= 15 is 0 Å². The van der Waals surface area contributed by atoms with Crippen LogP contribution in [0.15, 0.2) is 22.5 Å². The lowest BCUT2D eigenvalue weighted by Crippen LogP contribution is -2.33. The van der Waals surface area contributed by atoms with Gasteiger partial charge in [0, 0.05) is 11.7 Å². The van der Waals surface area contributed by atoms with Gasteiger partial charge in [-0.05, 0) is 43.2 Å². The van der Waals surface area contributed by atoms with Crippen LogP contribution in [0.4, 0.5) is 5.69 Å². The summed E-state index contributed by atoms with van der Waals surface area (Å²) in [5, 5.41) is 3.60. The van der Waals surface area contributed by atoms with Crippen LogP contribution >= 0.6 is 23.1 Å². The molecule has 1 saturated carbocycles. The molecular weight excluding hydrogens is 248 g/mol. The number of thiazole rings is 1. The fourth-order valence-electron chi connectivity index (χ4n) is 2.34. The average molecular weight is 264 g/mol. The molecule has 1 fully saturated rings. The van der Waals surface area contributed by atoms with Crippen molar-refractivity contribution in [3.63, 3.8) is 0 Å². The van der Waals surface area contributed by atoms with Gasteiger partial charge >= 0.3 is 0 Å². The molecule has 0 bridgehead atoms. The minimum Gasteiger partial charge on any atom is -0.382 e. The molecule has 17 heavy (non-hydrogen) atoms. The normalized spacial score (nSPS) is 23.6. The number of thioether (sulfide) groups is 1. The van der Waals surface area contributed by atoms with Gasteiger partial charge in [-0.1, -0.05) is 18.7 Å². The molecule has 3 rings (SSSR count). The Hall–Kier alpha value is -0.740. The van der Waals surface area contributed by atoms with Gasteiger partial charge < -0.3 is 5.32 Å². The minimum absolute atomic E-state index is 0.676. The van der Waals surface area contributed by atoms with E-state index in [4.69, 9.17) is 0 Å². The van der Waals surface area contributed by atoms with Gasteiger partial charge in [0.05, 0.1) is 10.2 Å². The number of hydrogen-bond acceptors (Lipinski definition) is 4. The molecule has 90 valence electrons. The van der Waals surface area contributed by atoms with Crippen molar-refractivity contribution in [2.45, 2.75) is 30.1 Å². The summed E-state index contributed by atoms with van der Waals surface area (Å²) in [6, 6.07) is 7.18. The predicted molar refractivity (Wildman–Crippen MR) is 77.2 cm³/mol. The van der Waals surface area contributed by atoms with Gasteiger partial charge in [0.1, 0.15) is 0 Å². The Bertz CT molecular complexity index is 529. The third-order valence-electron chi connectivity index (χ3n) is 3.29. The number of nitrogens with zero attached hydrogens (tertiary/aromatic N) is 1. The molecule has 1 aliphatic rings. The highest BCUT2D eigenvalue weighted by molar-refractivity contribution is 8.00. The second-order valence-corrected chi connectivity index (χ2v) is 6.87.